The van der Waals surface area contributed by atoms with Crippen molar-refractivity contribution in [3.05, 3.63) is 23.9 Å². The van der Waals surface area contributed by atoms with Gasteiger partial charge in [0.2, 0.25) is 0 Å². The van der Waals surface area contributed by atoms with E-state index in [4.69, 9.17) is 10.00 Å². The summed E-state index contributed by atoms with van der Waals surface area (Å²) in [7, 11) is 0. The van der Waals surface area contributed by atoms with Gasteiger partial charge in [0.1, 0.15) is 17.6 Å². The summed E-state index contributed by atoms with van der Waals surface area (Å²) in [4.78, 5) is 6.46. The van der Waals surface area contributed by atoms with Crippen molar-refractivity contribution in [2.24, 2.45) is 0 Å². The molecule has 0 unspecified atom stereocenters. The van der Waals surface area contributed by atoms with Crippen LogP contribution in [0.25, 0.3) is 0 Å². The van der Waals surface area contributed by atoms with Crippen molar-refractivity contribution in [3.63, 3.8) is 0 Å². The van der Waals surface area contributed by atoms with Gasteiger partial charge in [0.15, 0.2) is 0 Å². The zero-order valence-electron chi connectivity index (χ0n) is 9.55. The molecule has 84 valence electrons. The third kappa shape index (κ3) is 2.31. The average molecular weight is 217 g/mol. The van der Waals surface area contributed by atoms with E-state index < -0.39 is 0 Å². The van der Waals surface area contributed by atoms with E-state index in [9.17, 15) is 0 Å². The summed E-state index contributed by atoms with van der Waals surface area (Å²) >= 11 is 0. The van der Waals surface area contributed by atoms with E-state index in [2.05, 4.69) is 29.8 Å². The molecule has 1 saturated heterocycles. The number of aromatic nitrogens is 1. The first-order valence-corrected chi connectivity index (χ1v) is 5.46. The van der Waals surface area contributed by atoms with Crippen molar-refractivity contribution in [3.8, 4) is 6.07 Å². The molecule has 0 radical (unpaired) electrons. The molecule has 1 fully saturated rings. The van der Waals surface area contributed by atoms with Crippen molar-refractivity contribution in [2.45, 2.75) is 26.1 Å². The van der Waals surface area contributed by atoms with Crippen LogP contribution < -0.4 is 4.90 Å². The third-order valence-electron chi connectivity index (χ3n) is 2.59. The molecule has 0 saturated carbocycles. The second-order valence-electron chi connectivity index (χ2n) is 4.16. The summed E-state index contributed by atoms with van der Waals surface area (Å²) in [5, 5.41) is 8.81. The van der Waals surface area contributed by atoms with Gasteiger partial charge in [0, 0.05) is 13.1 Å². The van der Waals surface area contributed by atoms with E-state index in [1.54, 1.807) is 6.07 Å². The highest BCUT2D eigenvalue weighted by Crippen LogP contribution is 2.18. The Bertz CT molecular complexity index is 403. The summed E-state index contributed by atoms with van der Waals surface area (Å²) in [5.74, 6) is 0.862. The van der Waals surface area contributed by atoms with Crippen LogP contribution in [0.1, 0.15) is 19.5 Å². The summed E-state index contributed by atoms with van der Waals surface area (Å²) in [6, 6.07) is 7.58. The first kappa shape index (κ1) is 10.9. The maximum Gasteiger partial charge on any atom is 0.142 e. The summed E-state index contributed by atoms with van der Waals surface area (Å²) in [5.41, 5.74) is 0.462. The molecule has 0 aromatic carbocycles. The van der Waals surface area contributed by atoms with Gasteiger partial charge in [-0.3, -0.25) is 0 Å². The molecule has 1 aliphatic heterocycles. The van der Waals surface area contributed by atoms with Crippen molar-refractivity contribution >= 4 is 5.82 Å². The van der Waals surface area contributed by atoms with Gasteiger partial charge in [-0.05, 0) is 26.0 Å². The van der Waals surface area contributed by atoms with Crippen LogP contribution in [0.3, 0.4) is 0 Å². The molecular formula is C12H15N3O. The minimum atomic E-state index is 0.205. The Balaban J connectivity index is 2.20. The van der Waals surface area contributed by atoms with Gasteiger partial charge in [0.25, 0.3) is 0 Å². The number of nitrogens with zero attached hydrogens (tertiary/aromatic N) is 3. The first-order valence-electron chi connectivity index (χ1n) is 5.46. The minimum Gasteiger partial charge on any atom is -0.372 e. The van der Waals surface area contributed by atoms with Gasteiger partial charge in [-0.25, -0.2) is 4.98 Å². The van der Waals surface area contributed by atoms with Crippen LogP contribution in [0.2, 0.25) is 0 Å². The Kier molecular flexibility index (Phi) is 3.07. The number of anilines is 1. The molecule has 1 aromatic heterocycles. The maximum absolute atomic E-state index is 8.81. The Hall–Kier alpha value is -1.60. The molecule has 2 rings (SSSR count). The smallest absolute Gasteiger partial charge is 0.142 e. The van der Waals surface area contributed by atoms with E-state index in [0.717, 1.165) is 18.9 Å². The largest absolute Gasteiger partial charge is 0.372 e. The fourth-order valence-electron chi connectivity index (χ4n) is 2.03. The summed E-state index contributed by atoms with van der Waals surface area (Å²) in [6.45, 7) is 5.76. The number of rotatable bonds is 1. The first-order chi connectivity index (χ1) is 7.69. The maximum atomic E-state index is 8.81. The van der Waals surface area contributed by atoms with Gasteiger partial charge < -0.3 is 9.64 Å². The summed E-state index contributed by atoms with van der Waals surface area (Å²) < 4.78 is 5.66. The molecule has 0 spiro atoms. The number of pyridine rings is 1. The van der Waals surface area contributed by atoms with Crippen LogP contribution in [0, 0.1) is 11.3 Å². The highest BCUT2D eigenvalue weighted by Gasteiger charge is 2.23. The fourth-order valence-corrected chi connectivity index (χ4v) is 2.03. The van der Waals surface area contributed by atoms with Gasteiger partial charge in [0.05, 0.1) is 12.2 Å². The molecule has 4 heteroatoms. The molecule has 0 aliphatic carbocycles. The zero-order valence-corrected chi connectivity index (χ0v) is 9.55. The van der Waals surface area contributed by atoms with Crippen molar-refractivity contribution < 1.29 is 4.74 Å². The molecular weight excluding hydrogens is 202 g/mol. The molecule has 4 nitrogen and oxygen atoms in total. The van der Waals surface area contributed by atoms with E-state index in [1.165, 1.54) is 0 Å². The lowest BCUT2D eigenvalue weighted by Crippen LogP contribution is -2.45. The zero-order chi connectivity index (χ0) is 11.5. The van der Waals surface area contributed by atoms with Gasteiger partial charge in [-0.15, -0.1) is 0 Å². The lowest BCUT2D eigenvalue weighted by Gasteiger charge is -2.36. The van der Waals surface area contributed by atoms with Crippen LogP contribution in [0.5, 0.6) is 0 Å². The van der Waals surface area contributed by atoms with Crippen LogP contribution in [0.4, 0.5) is 5.82 Å². The van der Waals surface area contributed by atoms with E-state index in [-0.39, 0.29) is 12.2 Å². The number of nitriles is 1. The normalized spacial score (nSPS) is 25.2. The molecule has 0 N–H and O–H groups in total. The van der Waals surface area contributed by atoms with Gasteiger partial charge in [-0.1, -0.05) is 6.07 Å². The molecule has 1 aromatic rings. The second-order valence-corrected chi connectivity index (χ2v) is 4.16. The molecule has 1 aliphatic rings. The van der Waals surface area contributed by atoms with E-state index >= 15 is 0 Å². The topological polar surface area (TPSA) is 49.2 Å². The Labute approximate surface area is 95.5 Å². The molecule has 0 bridgehead atoms. The predicted octanol–water partition coefficient (Wildman–Crippen LogP) is 1.57. The standard InChI is InChI=1S/C12H15N3O/c1-9-7-15(8-10(2)16-9)12-5-3-4-11(6-13)14-12/h3-5,9-10H,7-8H2,1-2H3/t9-,10+. The predicted molar refractivity (Wildman–Crippen MR) is 61.2 cm³/mol. The molecule has 16 heavy (non-hydrogen) atoms. The Morgan fingerprint density at radius 2 is 2.06 bits per heavy atom. The Morgan fingerprint density at radius 3 is 2.69 bits per heavy atom. The fraction of sp³-hybridized carbons (Fsp3) is 0.500. The number of morpholine rings is 1. The van der Waals surface area contributed by atoms with E-state index in [0.29, 0.717) is 5.69 Å². The molecule has 0 amide bonds. The van der Waals surface area contributed by atoms with Gasteiger partial charge >= 0.3 is 0 Å². The second kappa shape index (κ2) is 4.50. The quantitative estimate of drug-likeness (QED) is 0.716. The van der Waals surface area contributed by atoms with Crippen LogP contribution in [0.15, 0.2) is 18.2 Å². The van der Waals surface area contributed by atoms with Crippen LogP contribution in [-0.4, -0.2) is 30.3 Å². The molecule has 2 atom stereocenters. The number of hydrogen-bond donors (Lipinski definition) is 0. The number of hydrogen-bond acceptors (Lipinski definition) is 4. The summed E-state index contributed by atoms with van der Waals surface area (Å²) in [6.07, 6.45) is 0.410. The average Bonchev–Trinajstić information content (AvgIpc) is 2.28. The SMILES string of the molecule is C[C@@H]1CN(c2cccc(C#N)n2)C[C@H](C)O1. The van der Waals surface area contributed by atoms with Crippen molar-refractivity contribution in [2.75, 3.05) is 18.0 Å². The highest BCUT2D eigenvalue weighted by molar-refractivity contribution is 5.42. The van der Waals surface area contributed by atoms with Crippen LogP contribution in [-0.2, 0) is 4.74 Å². The van der Waals surface area contributed by atoms with Crippen molar-refractivity contribution in [1.29, 1.82) is 5.26 Å². The minimum absolute atomic E-state index is 0.205. The van der Waals surface area contributed by atoms with Crippen LogP contribution >= 0.6 is 0 Å². The van der Waals surface area contributed by atoms with Crippen molar-refractivity contribution in [1.82, 2.24) is 4.98 Å². The van der Waals surface area contributed by atoms with E-state index in [1.807, 2.05) is 12.1 Å². The van der Waals surface area contributed by atoms with Gasteiger partial charge in [-0.2, -0.15) is 5.26 Å². The highest BCUT2D eigenvalue weighted by atomic mass is 16.5. The number of ether oxygens (including phenoxy) is 1. The lowest BCUT2D eigenvalue weighted by atomic mass is 10.2. The Morgan fingerprint density at radius 1 is 1.38 bits per heavy atom. The molecule has 2 heterocycles. The lowest BCUT2D eigenvalue weighted by molar-refractivity contribution is -0.00546. The monoisotopic (exact) mass is 217 g/mol. The third-order valence-corrected chi connectivity index (χ3v) is 2.59.